The molecule has 0 aromatic heterocycles. The summed E-state index contributed by atoms with van der Waals surface area (Å²) in [4.78, 5) is 9.58. The number of hydrogen-bond donors (Lipinski definition) is 1. The quantitative estimate of drug-likeness (QED) is 0.672. The Morgan fingerprint density at radius 1 is 1.00 bits per heavy atom. The topological polar surface area (TPSA) is 55.2 Å². The van der Waals surface area contributed by atoms with Crippen LogP contribution in [0.15, 0.2) is 48.5 Å². The zero-order chi connectivity index (χ0) is 14.8. The molecular formula is C13H9F3N2O2. The van der Waals surface area contributed by atoms with E-state index >= 15 is 0 Å². The van der Waals surface area contributed by atoms with E-state index in [0.717, 1.165) is 12.1 Å². The zero-order valence-electron chi connectivity index (χ0n) is 10.0. The van der Waals surface area contributed by atoms with Crippen LogP contribution in [0.3, 0.4) is 0 Å². The molecule has 7 heteroatoms. The van der Waals surface area contributed by atoms with Gasteiger partial charge in [-0.2, -0.15) is 13.2 Å². The number of halogens is 3. The lowest BCUT2D eigenvalue weighted by Gasteiger charge is -2.11. The number of nitro groups is 1. The smallest absolute Gasteiger partial charge is 0.356 e. The summed E-state index contributed by atoms with van der Waals surface area (Å²) in [6.45, 7) is 0. The van der Waals surface area contributed by atoms with Gasteiger partial charge in [-0.05, 0) is 24.3 Å². The van der Waals surface area contributed by atoms with Gasteiger partial charge < -0.3 is 5.32 Å². The Balaban J connectivity index is 2.40. The Morgan fingerprint density at radius 2 is 1.65 bits per heavy atom. The summed E-state index contributed by atoms with van der Waals surface area (Å²) < 4.78 is 38.4. The van der Waals surface area contributed by atoms with E-state index in [0.29, 0.717) is 5.69 Å². The first-order valence-corrected chi connectivity index (χ1v) is 5.55. The van der Waals surface area contributed by atoms with E-state index in [1.165, 1.54) is 6.07 Å². The Bertz CT molecular complexity index is 627. The Morgan fingerprint density at radius 3 is 2.20 bits per heavy atom. The van der Waals surface area contributed by atoms with Crippen LogP contribution in [0.4, 0.5) is 30.2 Å². The van der Waals surface area contributed by atoms with E-state index in [1.807, 2.05) is 0 Å². The van der Waals surface area contributed by atoms with Crippen LogP contribution in [0, 0.1) is 10.1 Å². The van der Waals surface area contributed by atoms with Gasteiger partial charge in [0, 0.05) is 17.4 Å². The number of nitrogens with zero attached hydrogens (tertiary/aromatic N) is 1. The third-order valence-electron chi connectivity index (χ3n) is 2.56. The van der Waals surface area contributed by atoms with Crippen LogP contribution < -0.4 is 5.32 Å². The number of hydrogen-bond acceptors (Lipinski definition) is 3. The Kier molecular flexibility index (Phi) is 3.60. The summed E-state index contributed by atoms with van der Waals surface area (Å²) in [5.74, 6) is 0. The highest BCUT2D eigenvalue weighted by Gasteiger charge is 2.38. The first-order chi connectivity index (χ1) is 9.38. The summed E-state index contributed by atoms with van der Waals surface area (Å²) >= 11 is 0. The monoisotopic (exact) mass is 282 g/mol. The lowest BCUT2D eigenvalue weighted by molar-refractivity contribution is -0.388. The maximum absolute atomic E-state index is 12.8. The van der Waals surface area contributed by atoms with Crippen LogP contribution in [0.25, 0.3) is 0 Å². The van der Waals surface area contributed by atoms with Gasteiger partial charge in [0.2, 0.25) is 0 Å². The molecule has 0 radical (unpaired) electrons. The van der Waals surface area contributed by atoms with E-state index in [1.54, 1.807) is 30.3 Å². The van der Waals surface area contributed by atoms with E-state index in [-0.39, 0.29) is 5.69 Å². The van der Waals surface area contributed by atoms with E-state index in [4.69, 9.17) is 0 Å². The molecule has 104 valence electrons. The third kappa shape index (κ3) is 3.05. The van der Waals surface area contributed by atoms with Crippen molar-refractivity contribution in [2.24, 2.45) is 0 Å². The average Bonchev–Trinajstić information content (AvgIpc) is 2.38. The fourth-order valence-electron chi connectivity index (χ4n) is 1.69. The van der Waals surface area contributed by atoms with E-state index in [9.17, 15) is 23.3 Å². The van der Waals surface area contributed by atoms with Gasteiger partial charge in [0.1, 0.15) is 5.56 Å². The summed E-state index contributed by atoms with van der Waals surface area (Å²) in [5, 5.41) is 13.4. The SMILES string of the molecule is O=[N+]([O-])c1ccc(Nc2ccccc2)cc1C(F)(F)F. The molecule has 0 heterocycles. The maximum Gasteiger partial charge on any atom is 0.423 e. The van der Waals surface area contributed by atoms with Crippen molar-refractivity contribution in [1.29, 1.82) is 0 Å². The predicted octanol–water partition coefficient (Wildman–Crippen LogP) is 4.36. The Hall–Kier alpha value is -2.57. The van der Waals surface area contributed by atoms with Crippen LogP contribution in [0.5, 0.6) is 0 Å². The fourth-order valence-corrected chi connectivity index (χ4v) is 1.69. The van der Waals surface area contributed by atoms with E-state index in [2.05, 4.69) is 5.32 Å². The van der Waals surface area contributed by atoms with Crippen molar-refractivity contribution >= 4 is 17.1 Å². The summed E-state index contributed by atoms with van der Waals surface area (Å²) in [5.41, 5.74) is -1.51. The second-order valence-electron chi connectivity index (χ2n) is 3.98. The van der Waals surface area contributed by atoms with Gasteiger partial charge in [-0.15, -0.1) is 0 Å². The first kappa shape index (κ1) is 13.9. The standard InChI is InChI=1S/C13H9F3N2O2/c14-13(15,16)11-8-10(6-7-12(11)18(19)20)17-9-4-2-1-3-5-9/h1-8,17H. The molecule has 0 aliphatic rings. The van der Waals surface area contributed by atoms with Crippen LogP contribution in [-0.2, 0) is 6.18 Å². The highest BCUT2D eigenvalue weighted by Crippen LogP contribution is 2.38. The Labute approximate surface area is 112 Å². The number of benzene rings is 2. The molecule has 0 aliphatic heterocycles. The molecule has 2 rings (SSSR count). The second-order valence-corrected chi connectivity index (χ2v) is 3.98. The molecule has 2 aromatic carbocycles. The number of anilines is 2. The minimum absolute atomic E-state index is 0.133. The van der Waals surface area contributed by atoms with Crippen molar-refractivity contribution < 1.29 is 18.1 Å². The molecule has 2 aromatic rings. The maximum atomic E-state index is 12.8. The third-order valence-corrected chi connectivity index (χ3v) is 2.56. The van der Waals surface area contributed by atoms with Crippen molar-refractivity contribution in [2.45, 2.75) is 6.18 Å². The lowest BCUT2D eigenvalue weighted by Crippen LogP contribution is -2.09. The zero-order valence-corrected chi connectivity index (χ0v) is 10.0. The molecular weight excluding hydrogens is 273 g/mol. The van der Waals surface area contributed by atoms with Crippen molar-refractivity contribution in [3.8, 4) is 0 Å². The molecule has 0 amide bonds. The minimum atomic E-state index is -4.78. The van der Waals surface area contributed by atoms with Crippen LogP contribution in [-0.4, -0.2) is 4.92 Å². The average molecular weight is 282 g/mol. The van der Waals surface area contributed by atoms with Gasteiger partial charge in [0.15, 0.2) is 0 Å². The van der Waals surface area contributed by atoms with Gasteiger partial charge in [-0.1, -0.05) is 18.2 Å². The summed E-state index contributed by atoms with van der Waals surface area (Å²) in [6, 6.07) is 11.4. The number of nitrogens with one attached hydrogen (secondary N) is 1. The normalized spacial score (nSPS) is 11.2. The fraction of sp³-hybridized carbons (Fsp3) is 0.0769. The van der Waals surface area contributed by atoms with Gasteiger partial charge in [0.25, 0.3) is 5.69 Å². The van der Waals surface area contributed by atoms with Gasteiger partial charge in [-0.3, -0.25) is 10.1 Å². The first-order valence-electron chi connectivity index (χ1n) is 5.55. The molecule has 4 nitrogen and oxygen atoms in total. The van der Waals surface area contributed by atoms with Crippen molar-refractivity contribution in [3.63, 3.8) is 0 Å². The molecule has 0 saturated heterocycles. The molecule has 1 N–H and O–H groups in total. The van der Waals surface area contributed by atoms with Crippen molar-refractivity contribution in [3.05, 3.63) is 64.2 Å². The minimum Gasteiger partial charge on any atom is -0.356 e. The highest BCUT2D eigenvalue weighted by atomic mass is 19.4. The number of nitro benzene ring substituents is 1. The van der Waals surface area contributed by atoms with Gasteiger partial charge >= 0.3 is 6.18 Å². The van der Waals surface area contributed by atoms with Gasteiger partial charge in [-0.25, -0.2) is 0 Å². The molecule has 0 fully saturated rings. The molecule has 0 unspecified atom stereocenters. The van der Waals surface area contributed by atoms with Crippen molar-refractivity contribution in [2.75, 3.05) is 5.32 Å². The molecule has 0 aliphatic carbocycles. The largest absolute Gasteiger partial charge is 0.423 e. The molecule has 0 spiro atoms. The van der Waals surface area contributed by atoms with E-state index < -0.39 is 22.4 Å². The molecule has 20 heavy (non-hydrogen) atoms. The number of rotatable bonds is 3. The van der Waals surface area contributed by atoms with Crippen LogP contribution in [0.1, 0.15) is 5.56 Å². The molecule has 0 saturated carbocycles. The number of alkyl halides is 3. The summed E-state index contributed by atoms with van der Waals surface area (Å²) in [7, 11) is 0. The summed E-state index contributed by atoms with van der Waals surface area (Å²) in [6.07, 6.45) is -4.78. The highest BCUT2D eigenvalue weighted by molar-refractivity contribution is 5.63. The second kappa shape index (κ2) is 5.20. The molecule has 0 bridgehead atoms. The molecule has 0 atom stereocenters. The lowest BCUT2D eigenvalue weighted by atomic mass is 10.1. The van der Waals surface area contributed by atoms with Crippen LogP contribution in [0.2, 0.25) is 0 Å². The van der Waals surface area contributed by atoms with Crippen LogP contribution >= 0.6 is 0 Å². The van der Waals surface area contributed by atoms with Gasteiger partial charge in [0.05, 0.1) is 4.92 Å². The van der Waals surface area contributed by atoms with Crippen molar-refractivity contribution in [1.82, 2.24) is 0 Å². The predicted molar refractivity (Wildman–Crippen MR) is 67.8 cm³/mol. The number of para-hydroxylation sites is 1.